The molecular formula is C10H7ClFN3O2. The van der Waals surface area contributed by atoms with E-state index in [1.165, 1.54) is 18.2 Å². The topological polar surface area (TPSA) is 81.1 Å². The van der Waals surface area contributed by atoms with Gasteiger partial charge in [-0.2, -0.15) is 5.10 Å². The second kappa shape index (κ2) is 4.06. The lowest BCUT2D eigenvalue weighted by molar-refractivity contribution is 0.0698. The van der Waals surface area contributed by atoms with Crippen molar-refractivity contribution >= 4 is 23.4 Å². The number of carbonyl (C=O) groups is 1. The maximum absolute atomic E-state index is 13.7. The van der Waals surface area contributed by atoms with Gasteiger partial charge in [-0.05, 0) is 12.1 Å². The molecule has 0 spiro atoms. The molecule has 0 saturated heterocycles. The summed E-state index contributed by atoms with van der Waals surface area (Å²) in [5.74, 6) is -2.09. The van der Waals surface area contributed by atoms with E-state index in [2.05, 4.69) is 5.10 Å². The fourth-order valence-electron chi connectivity index (χ4n) is 1.37. The van der Waals surface area contributed by atoms with Gasteiger partial charge in [-0.25, -0.2) is 13.9 Å². The third kappa shape index (κ3) is 1.83. The molecule has 0 aliphatic heterocycles. The second-order valence-electron chi connectivity index (χ2n) is 3.23. The monoisotopic (exact) mass is 255 g/mol. The molecule has 0 saturated carbocycles. The lowest BCUT2D eigenvalue weighted by Crippen LogP contribution is -2.07. The molecule has 3 N–H and O–H groups in total. The van der Waals surface area contributed by atoms with Gasteiger partial charge < -0.3 is 10.8 Å². The van der Waals surface area contributed by atoms with Gasteiger partial charge in [-0.3, -0.25) is 0 Å². The molecule has 1 aromatic heterocycles. The Hall–Kier alpha value is -2.08. The van der Waals surface area contributed by atoms with Crippen molar-refractivity contribution in [2.24, 2.45) is 0 Å². The normalized spacial score (nSPS) is 10.5. The van der Waals surface area contributed by atoms with E-state index in [9.17, 15) is 9.18 Å². The quantitative estimate of drug-likeness (QED) is 0.859. The fraction of sp³-hybridized carbons (Fsp3) is 0. The van der Waals surface area contributed by atoms with Gasteiger partial charge in [-0.1, -0.05) is 17.7 Å². The van der Waals surface area contributed by atoms with Gasteiger partial charge in [0, 0.05) is 0 Å². The van der Waals surface area contributed by atoms with Crippen LogP contribution in [0.2, 0.25) is 5.02 Å². The lowest BCUT2D eigenvalue weighted by atomic mass is 10.3. The number of aromatic carboxylic acids is 1. The highest BCUT2D eigenvalue weighted by molar-refractivity contribution is 6.30. The Balaban J connectivity index is 2.62. The van der Waals surface area contributed by atoms with Gasteiger partial charge in [-0.15, -0.1) is 0 Å². The van der Waals surface area contributed by atoms with Crippen LogP contribution in [0.3, 0.4) is 0 Å². The molecule has 2 aromatic rings. The van der Waals surface area contributed by atoms with E-state index in [0.717, 1.165) is 10.9 Å². The second-order valence-corrected chi connectivity index (χ2v) is 3.64. The Morgan fingerprint density at radius 2 is 2.24 bits per heavy atom. The van der Waals surface area contributed by atoms with Gasteiger partial charge in [0.25, 0.3) is 0 Å². The predicted molar refractivity (Wildman–Crippen MR) is 59.9 cm³/mol. The third-order valence-electron chi connectivity index (χ3n) is 2.20. The number of rotatable bonds is 2. The highest BCUT2D eigenvalue weighted by Crippen LogP contribution is 2.24. The summed E-state index contributed by atoms with van der Waals surface area (Å²) in [7, 11) is 0. The van der Waals surface area contributed by atoms with E-state index in [4.69, 9.17) is 22.4 Å². The molecule has 1 heterocycles. The van der Waals surface area contributed by atoms with E-state index >= 15 is 0 Å². The zero-order chi connectivity index (χ0) is 12.6. The Labute approximate surface area is 100 Å². The van der Waals surface area contributed by atoms with Crippen molar-refractivity contribution in [3.8, 4) is 5.69 Å². The number of benzene rings is 1. The molecule has 0 aliphatic rings. The molecule has 0 aliphatic carbocycles. The number of nitrogen functional groups attached to an aromatic ring is 1. The molecule has 17 heavy (non-hydrogen) atoms. The van der Waals surface area contributed by atoms with E-state index in [1.54, 1.807) is 0 Å². The van der Waals surface area contributed by atoms with Crippen molar-refractivity contribution in [2.45, 2.75) is 0 Å². The minimum absolute atomic E-state index is 0.00231. The van der Waals surface area contributed by atoms with Crippen LogP contribution >= 0.6 is 11.6 Å². The first-order chi connectivity index (χ1) is 8.02. The number of nitrogens with zero attached hydrogens (tertiary/aromatic N) is 2. The Morgan fingerprint density at radius 3 is 2.82 bits per heavy atom. The SMILES string of the molecule is Nc1c(C(=O)O)cnn1-c1cccc(Cl)c1F. The Morgan fingerprint density at radius 1 is 1.53 bits per heavy atom. The maximum atomic E-state index is 13.7. The average molecular weight is 256 g/mol. The number of hydrogen-bond donors (Lipinski definition) is 2. The first-order valence-electron chi connectivity index (χ1n) is 4.53. The zero-order valence-corrected chi connectivity index (χ0v) is 9.15. The third-order valence-corrected chi connectivity index (χ3v) is 2.49. The first-order valence-corrected chi connectivity index (χ1v) is 4.91. The summed E-state index contributed by atoms with van der Waals surface area (Å²) in [6.07, 6.45) is 1.05. The first kappa shape index (κ1) is 11.4. The number of halogens is 2. The van der Waals surface area contributed by atoms with Crippen molar-refractivity contribution in [1.82, 2.24) is 9.78 Å². The number of anilines is 1. The van der Waals surface area contributed by atoms with E-state index in [0.29, 0.717) is 0 Å². The van der Waals surface area contributed by atoms with Gasteiger partial charge in [0.05, 0.1) is 11.2 Å². The number of hydrogen-bond acceptors (Lipinski definition) is 3. The Kier molecular flexibility index (Phi) is 2.72. The lowest BCUT2D eigenvalue weighted by Gasteiger charge is -2.06. The molecule has 7 heteroatoms. The van der Waals surface area contributed by atoms with Crippen molar-refractivity contribution in [2.75, 3.05) is 5.73 Å². The summed E-state index contributed by atoms with van der Waals surface area (Å²) in [6.45, 7) is 0. The molecule has 0 atom stereocenters. The minimum atomic E-state index is -1.23. The van der Waals surface area contributed by atoms with E-state index < -0.39 is 11.8 Å². The highest BCUT2D eigenvalue weighted by atomic mass is 35.5. The molecule has 2 rings (SSSR count). The summed E-state index contributed by atoms with van der Waals surface area (Å²) in [5, 5.41) is 12.4. The molecule has 88 valence electrons. The maximum Gasteiger partial charge on any atom is 0.341 e. The van der Waals surface area contributed by atoms with Gasteiger partial charge in [0.1, 0.15) is 17.1 Å². The molecule has 0 radical (unpaired) electrons. The molecule has 0 fully saturated rings. The largest absolute Gasteiger partial charge is 0.477 e. The van der Waals surface area contributed by atoms with Crippen LogP contribution in [0, 0.1) is 5.82 Å². The van der Waals surface area contributed by atoms with Crippen LogP contribution in [0.1, 0.15) is 10.4 Å². The summed E-state index contributed by atoms with van der Waals surface area (Å²) in [5.41, 5.74) is 5.38. The van der Waals surface area contributed by atoms with E-state index in [1.807, 2.05) is 0 Å². The van der Waals surface area contributed by atoms with Crippen molar-refractivity contribution in [1.29, 1.82) is 0 Å². The standard InChI is InChI=1S/C10H7ClFN3O2/c11-6-2-1-3-7(8(6)12)15-9(13)5(4-14-15)10(16)17/h1-4H,13H2,(H,16,17). The fourth-order valence-corrected chi connectivity index (χ4v) is 1.54. The van der Waals surface area contributed by atoms with Crippen molar-refractivity contribution in [3.63, 3.8) is 0 Å². The van der Waals surface area contributed by atoms with Gasteiger partial charge in [0.15, 0.2) is 5.82 Å². The van der Waals surface area contributed by atoms with Crippen LogP contribution in [0.5, 0.6) is 0 Å². The molecule has 0 bridgehead atoms. The van der Waals surface area contributed by atoms with Crippen molar-refractivity contribution in [3.05, 3.63) is 40.8 Å². The summed E-state index contributed by atoms with van der Waals surface area (Å²) in [4.78, 5) is 10.8. The predicted octanol–water partition coefficient (Wildman–Crippen LogP) is 1.95. The van der Waals surface area contributed by atoms with Crippen LogP contribution in [0.15, 0.2) is 24.4 Å². The van der Waals surface area contributed by atoms with Crippen LogP contribution in [-0.4, -0.2) is 20.9 Å². The zero-order valence-electron chi connectivity index (χ0n) is 8.39. The molecule has 5 nitrogen and oxygen atoms in total. The van der Waals surface area contributed by atoms with Gasteiger partial charge in [0.2, 0.25) is 0 Å². The van der Waals surface area contributed by atoms with Gasteiger partial charge >= 0.3 is 5.97 Å². The minimum Gasteiger partial charge on any atom is -0.477 e. The van der Waals surface area contributed by atoms with Crippen LogP contribution in [0.25, 0.3) is 5.69 Å². The molecule has 0 unspecified atom stereocenters. The van der Waals surface area contributed by atoms with Crippen LogP contribution < -0.4 is 5.73 Å². The number of carboxylic acid groups (broad SMARTS) is 1. The Bertz CT molecular complexity index is 597. The molecule has 1 aromatic carbocycles. The van der Waals surface area contributed by atoms with Crippen LogP contribution in [-0.2, 0) is 0 Å². The average Bonchev–Trinajstić information content (AvgIpc) is 2.64. The van der Waals surface area contributed by atoms with Crippen LogP contribution in [0.4, 0.5) is 10.2 Å². The summed E-state index contributed by atoms with van der Waals surface area (Å²) >= 11 is 5.61. The molecular weight excluding hydrogens is 249 g/mol. The summed E-state index contributed by atoms with van der Waals surface area (Å²) < 4.78 is 14.7. The number of carboxylic acids is 1. The number of nitrogens with two attached hydrogens (primary N) is 1. The smallest absolute Gasteiger partial charge is 0.341 e. The highest BCUT2D eigenvalue weighted by Gasteiger charge is 2.17. The molecule has 0 amide bonds. The van der Waals surface area contributed by atoms with Crippen molar-refractivity contribution < 1.29 is 14.3 Å². The van der Waals surface area contributed by atoms with E-state index in [-0.39, 0.29) is 22.1 Å². The number of aromatic nitrogens is 2. The summed E-state index contributed by atoms with van der Waals surface area (Å²) in [6, 6.07) is 4.29.